The Balaban J connectivity index is 0.000000192. The molecule has 252 valence electrons. The lowest BCUT2D eigenvalue weighted by Gasteiger charge is -2.21. The molecule has 4 atom stereocenters. The summed E-state index contributed by atoms with van der Waals surface area (Å²) in [4.78, 5) is 11.1. The highest BCUT2D eigenvalue weighted by molar-refractivity contribution is 5.83. The van der Waals surface area contributed by atoms with E-state index in [9.17, 15) is 9.90 Å². The summed E-state index contributed by atoms with van der Waals surface area (Å²) in [5.74, 6) is 2.68. The molecule has 0 fully saturated rings. The SMILES string of the molecule is CCC(CC(C)c1ccc2ccccc2c1)c1ccc(O)cc1.CCC(CC(C)c1ccc2ccccc2c1)c1ccc(OC(C)=O)cc1. The number of fused-ring (bicyclic) bond motifs is 2. The molecule has 0 radical (unpaired) electrons. The number of phenols is 1. The second-order valence-electron chi connectivity index (χ2n) is 13.5. The van der Waals surface area contributed by atoms with Gasteiger partial charge in [0.25, 0.3) is 0 Å². The summed E-state index contributed by atoms with van der Waals surface area (Å²) >= 11 is 0. The molecule has 6 rings (SSSR count). The molecule has 6 aromatic carbocycles. The van der Waals surface area contributed by atoms with E-state index in [1.54, 1.807) is 12.1 Å². The molecular weight excluding hydrogens is 601 g/mol. The van der Waals surface area contributed by atoms with E-state index in [1.807, 2.05) is 12.1 Å². The first kappa shape index (κ1) is 35.4. The van der Waals surface area contributed by atoms with Crippen molar-refractivity contribution in [2.24, 2.45) is 0 Å². The molecule has 49 heavy (non-hydrogen) atoms. The maximum Gasteiger partial charge on any atom is 0.308 e. The van der Waals surface area contributed by atoms with Gasteiger partial charge in [-0.2, -0.15) is 0 Å². The zero-order valence-corrected chi connectivity index (χ0v) is 29.6. The highest BCUT2D eigenvalue weighted by Crippen LogP contribution is 2.35. The van der Waals surface area contributed by atoms with Gasteiger partial charge in [-0.15, -0.1) is 0 Å². The summed E-state index contributed by atoms with van der Waals surface area (Å²) in [6, 6.07) is 46.3. The molecule has 0 aliphatic carbocycles. The van der Waals surface area contributed by atoms with Crippen molar-refractivity contribution in [1.29, 1.82) is 0 Å². The van der Waals surface area contributed by atoms with Crippen LogP contribution in [0.3, 0.4) is 0 Å². The van der Waals surface area contributed by atoms with Crippen LogP contribution >= 0.6 is 0 Å². The van der Waals surface area contributed by atoms with Crippen LogP contribution in [0.1, 0.15) is 106 Å². The fourth-order valence-electron chi connectivity index (χ4n) is 6.95. The van der Waals surface area contributed by atoms with E-state index >= 15 is 0 Å². The Bertz CT molecular complexity index is 1940. The highest BCUT2D eigenvalue weighted by atomic mass is 16.5. The number of hydrogen-bond acceptors (Lipinski definition) is 3. The van der Waals surface area contributed by atoms with E-state index in [-0.39, 0.29) is 5.97 Å². The molecule has 0 saturated carbocycles. The lowest BCUT2D eigenvalue weighted by Crippen LogP contribution is -2.05. The molecule has 0 heterocycles. The number of esters is 1. The second-order valence-corrected chi connectivity index (χ2v) is 13.5. The minimum absolute atomic E-state index is 0.283. The molecule has 0 aliphatic rings. The molecule has 3 heteroatoms. The predicted molar refractivity (Wildman–Crippen MR) is 206 cm³/mol. The summed E-state index contributed by atoms with van der Waals surface area (Å²) in [6.07, 6.45) is 4.43. The fourth-order valence-corrected chi connectivity index (χ4v) is 6.95. The Kier molecular flexibility index (Phi) is 12.3. The van der Waals surface area contributed by atoms with Gasteiger partial charge in [0, 0.05) is 6.92 Å². The van der Waals surface area contributed by atoms with E-state index in [2.05, 4.69) is 137 Å². The molecule has 3 nitrogen and oxygen atoms in total. The summed E-state index contributed by atoms with van der Waals surface area (Å²) in [5, 5.41) is 14.7. The third-order valence-corrected chi connectivity index (χ3v) is 9.92. The van der Waals surface area contributed by atoms with Crippen molar-refractivity contribution < 1.29 is 14.6 Å². The summed E-state index contributed by atoms with van der Waals surface area (Å²) in [5.41, 5.74) is 5.41. The van der Waals surface area contributed by atoms with Gasteiger partial charge in [0.15, 0.2) is 0 Å². The van der Waals surface area contributed by atoms with Gasteiger partial charge in [0.1, 0.15) is 11.5 Å². The molecule has 0 amide bonds. The lowest BCUT2D eigenvalue weighted by atomic mass is 9.84. The van der Waals surface area contributed by atoms with Crippen LogP contribution in [0.2, 0.25) is 0 Å². The number of rotatable bonds is 11. The predicted octanol–water partition coefficient (Wildman–Crippen LogP) is 12.7. The van der Waals surface area contributed by atoms with Crippen molar-refractivity contribution in [3.05, 3.63) is 156 Å². The normalized spacial score (nSPS) is 13.6. The van der Waals surface area contributed by atoms with Crippen molar-refractivity contribution in [3.8, 4) is 11.5 Å². The number of hydrogen-bond donors (Lipinski definition) is 1. The van der Waals surface area contributed by atoms with E-state index in [0.29, 0.717) is 35.2 Å². The van der Waals surface area contributed by atoms with Gasteiger partial charge in [-0.3, -0.25) is 4.79 Å². The standard InChI is InChI=1S/C24H26O2.C22H24O/c1-4-19(21-11-13-24(14-12-21)26-18(3)25)15-17(2)22-10-9-20-7-5-6-8-23(20)16-22;1-3-17(19-10-12-22(23)13-11-19)14-16(2)20-9-8-18-6-4-5-7-21(18)15-20/h5-14,16-17,19H,4,15H2,1-3H3;4-13,15-17,23H,3,14H2,1-2H3. The Morgan fingerprint density at radius 1 is 0.551 bits per heavy atom. The highest BCUT2D eigenvalue weighted by Gasteiger charge is 2.17. The van der Waals surface area contributed by atoms with Gasteiger partial charge in [-0.1, -0.05) is 137 Å². The van der Waals surface area contributed by atoms with Crippen molar-refractivity contribution in [2.75, 3.05) is 0 Å². The van der Waals surface area contributed by atoms with Gasteiger partial charge >= 0.3 is 5.97 Å². The van der Waals surface area contributed by atoms with Crippen LogP contribution in [-0.2, 0) is 4.79 Å². The first-order valence-electron chi connectivity index (χ1n) is 17.8. The Hall–Kier alpha value is -4.89. The Morgan fingerprint density at radius 3 is 1.35 bits per heavy atom. The molecule has 0 aromatic heterocycles. The second kappa shape index (κ2) is 17.0. The van der Waals surface area contributed by atoms with E-state index in [1.165, 1.54) is 50.7 Å². The van der Waals surface area contributed by atoms with E-state index < -0.39 is 0 Å². The fraction of sp³-hybridized carbons (Fsp3) is 0.283. The van der Waals surface area contributed by atoms with Crippen LogP contribution in [0.15, 0.2) is 133 Å². The van der Waals surface area contributed by atoms with Crippen molar-refractivity contribution in [2.45, 2.75) is 84.0 Å². The van der Waals surface area contributed by atoms with Crippen molar-refractivity contribution >= 4 is 27.5 Å². The molecule has 0 bridgehead atoms. The number of phenolic OH excluding ortho intramolecular Hbond substituents is 1. The molecule has 0 aliphatic heterocycles. The Morgan fingerprint density at radius 2 is 0.939 bits per heavy atom. The van der Waals surface area contributed by atoms with Crippen molar-refractivity contribution in [3.63, 3.8) is 0 Å². The van der Waals surface area contributed by atoms with Crippen molar-refractivity contribution in [1.82, 2.24) is 0 Å². The summed E-state index contributed by atoms with van der Waals surface area (Å²) in [7, 11) is 0. The average molecular weight is 651 g/mol. The zero-order valence-electron chi connectivity index (χ0n) is 29.6. The minimum Gasteiger partial charge on any atom is -0.508 e. The molecule has 4 unspecified atom stereocenters. The van der Waals surface area contributed by atoms with Gasteiger partial charge in [0.05, 0.1) is 0 Å². The third kappa shape index (κ3) is 9.60. The average Bonchev–Trinajstić information content (AvgIpc) is 3.13. The van der Waals surface area contributed by atoms with E-state index in [4.69, 9.17) is 4.74 Å². The van der Waals surface area contributed by atoms with Gasteiger partial charge < -0.3 is 9.84 Å². The van der Waals surface area contributed by atoms with Crippen LogP contribution < -0.4 is 4.74 Å². The number of carbonyl (C=O) groups excluding carboxylic acids is 1. The zero-order chi connectivity index (χ0) is 34.8. The molecule has 1 N–H and O–H groups in total. The van der Waals surface area contributed by atoms with Crippen LogP contribution in [0, 0.1) is 0 Å². The largest absolute Gasteiger partial charge is 0.508 e. The number of ether oxygens (including phenoxy) is 1. The maximum atomic E-state index is 11.1. The van der Waals surface area contributed by atoms with E-state index in [0.717, 1.165) is 25.7 Å². The molecule has 0 saturated heterocycles. The van der Waals surface area contributed by atoms with Gasteiger partial charge in [0.2, 0.25) is 0 Å². The topological polar surface area (TPSA) is 46.5 Å². The number of aromatic hydroxyl groups is 1. The maximum absolute atomic E-state index is 11.1. The monoisotopic (exact) mass is 650 g/mol. The molecule has 6 aromatic rings. The Labute approximate surface area is 292 Å². The van der Waals surface area contributed by atoms with Crippen LogP contribution in [0.4, 0.5) is 0 Å². The smallest absolute Gasteiger partial charge is 0.308 e. The summed E-state index contributed by atoms with van der Waals surface area (Å²) in [6.45, 7) is 10.5. The minimum atomic E-state index is -0.283. The van der Waals surface area contributed by atoms with Crippen LogP contribution in [0.25, 0.3) is 21.5 Å². The van der Waals surface area contributed by atoms with Crippen LogP contribution in [-0.4, -0.2) is 11.1 Å². The molecular formula is C46H50O3. The first-order valence-corrected chi connectivity index (χ1v) is 17.8. The number of benzene rings is 6. The lowest BCUT2D eigenvalue weighted by molar-refractivity contribution is -0.131. The number of carbonyl (C=O) groups is 1. The molecule has 0 spiro atoms. The van der Waals surface area contributed by atoms with Gasteiger partial charge in [-0.05, 0) is 117 Å². The quantitative estimate of drug-likeness (QED) is 0.112. The van der Waals surface area contributed by atoms with Crippen LogP contribution in [0.5, 0.6) is 11.5 Å². The van der Waals surface area contributed by atoms with Gasteiger partial charge in [-0.25, -0.2) is 0 Å². The third-order valence-electron chi connectivity index (χ3n) is 9.92. The summed E-state index contributed by atoms with van der Waals surface area (Å²) < 4.78 is 5.13. The first-order chi connectivity index (χ1) is 23.7.